The molecule has 2 rings (SSSR count). The van der Waals surface area contributed by atoms with E-state index in [1.54, 1.807) is 32.9 Å². The summed E-state index contributed by atoms with van der Waals surface area (Å²) in [5.41, 5.74) is 1.67. The molecule has 0 saturated carbocycles. The summed E-state index contributed by atoms with van der Waals surface area (Å²) in [5.74, 6) is -2.73. The van der Waals surface area contributed by atoms with E-state index in [4.69, 9.17) is 9.47 Å². The average molecular weight is 402 g/mol. The number of carbonyl (C=O) groups is 2. The lowest BCUT2D eigenvalue weighted by molar-refractivity contribution is -0.384. The zero-order valence-corrected chi connectivity index (χ0v) is 17.1. The van der Waals surface area contributed by atoms with Gasteiger partial charge in [0, 0.05) is 23.8 Å². The quantitative estimate of drug-likeness (QED) is 0.370. The van der Waals surface area contributed by atoms with Crippen molar-refractivity contribution in [3.05, 3.63) is 51.2 Å². The van der Waals surface area contributed by atoms with Crippen LogP contribution in [0.4, 0.5) is 5.69 Å². The van der Waals surface area contributed by atoms with Gasteiger partial charge in [-0.2, -0.15) is 0 Å². The normalized spacial score (nSPS) is 18.8. The van der Waals surface area contributed by atoms with Gasteiger partial charge in [-0.15, -0.1) is 0 Å². The summed E-state index contributed by atoms with van der Waals surface area (Å²) in [5, 5.41) is 11.3. The molecule has 0 aliphatic carbocycles. The minimum Gasteiger partial charge on any atom is -0.465 e. The van der Waals surface area contributed by atoms with E-state index in [9.17, 15) is 19.7 Å². The SMILES string of the molecule is CCCC1=C(C(=O)OCC)C(c2cccc([N+](=O)[O-])c2)C(C(=O)OCC)C(C)=N1. The Labute approximate surface area is 169 Å². The molecule has 1 heterocycles. The Balaban J connectivity index is 2.73. The Morgan fingerprint density at radius 2 is 1.86 bits per heavy atom. The number of hydrogen-bond donors (Lipinski definition) is 0. The second kappa shape index (κ2) is 9.95. The number of aliphatic imine (C=N–C) groups is 1. The van der Waals surface area contributed by atoms with E-state index in [0.29, 0.717) is 23.4 Å². The fraction of sp³-hybridized carbons (Fsp3) is 0.476. The Morgan fingerprint density at radius 3 is 2.45 bits per heavy atom. The third-order valence-electron chi connectivity index (χ3n) is 4.68. The van der Waals surface area contributed by atoms with Crippen molar-refractivity contribution in [2.45, 2.75) is 46.5 Å². The van der Waals surface area contributed by atoms with Crippen LogP contribution >= 0.6 is 0 Å². The zero-order chi connectivity index (χ0) is 21.6. The number of ether oxygens (including phenoxy) is 2. The maximum absolute atomic E-state index is 12.9. The first-order chi connectivity index (χ1) is 13.8. The fourth-order valence-electron chi connectivity index (χ4n) is 3.54. The third kappa shape index (κ3) is 4.88. The van der Waals surface area contributed by atoms with Crippen molar-refractivity contribution >= 4 is 23.3 Å². The van der Waals surface area contributed by atoms with Gasteiger partial charge in [0.15, 0.2) is 0 Å². The van der Waals surface area contributed by atoms with Gasteiger partial charge in [-0.3, -0.25) is 19.9 Å². The lowest BCUT2D eigenvalue weighted by Gasteiger charge is -2.32. The number of rotatable bonds is 8. The first kappa shape index (κ1) is 22.3. The van der Waals surface area contributed by atoms with Gasteiger partial charge in [0.05, 0.1) is 29.4 Å². The van der Waals surface area contributed by atoms with Crippen LogP contribution in [0, 0.1) is 16.0 Å². The predicted molar refractivity (Wildman–Crippen MR) is 108 cm³/mol. The van der Waals surface area contributed by atoms with Crippen LogP contribution in [0.1, 0.15) is 52.0 Å². The molecule has 0 amide bonds. The average Bonchev–Trinajstić information content (AvgIpc) is 2.68. The fourth-order valence-corrected chi connectivity index (χ4v) is 3.54. The monoisotopic (exact) mass is 402 g/mol. The van der Waals surface area contributed by atoms with Crippen LogP contribution in [0.3, 0.4) is 0 Å². The molecule has 8 nitrogen and oxygen atoms in total. The van der Waals surface area contributed by atoms with E-state index in [2.05, 4.69) is 4.99 Å². The van der Waals surface area contributed by atoms with E-state index in [1.165, 1.54) is 12.1 Å². The molecule has 2 atom stereocenters. The van der Waals surface area contributed by atoms with Crippen LogP contribution in [-0.4, -0.2) is 35.8 Å². The van der Waals surface area contributed by atoms with E-state index >= 15 is 0 Å². The van der Waals surface area contributed by atoms with E-state index in [-0.39, 0.29) is 24.5 Å². The van der Waals surface area contributed by atoms with Gasteiger partial charge in [0.1, 0.15) is 5.92 Å². The van der Waals surface area contributed by atoms with Gasteiger partial charge < -0.3 is 9.47 Å². The van der Waals surface area contributed by atoms with E-state index < -0.39 is 28.7 Å². The predicted octanol–water partition coefficient (Wildman–Crippen LogP) is 3.95. The van der Waals surface area contributed by atoms with Crippen molar-refractivity contribution in [2.75, 3.05) is 13.2 Å². The number of nitro groups is 1. The minimum atomic E-state index is -0.864. The molecule has 0 N–H and O–H groups in total. The first-order valence-corrected chi connectivity index (χ1v) is 9.71. The zero-order valence-electron chi connectivity index (χ0n) is 17.1. The Morgan fingerprint density at radius 1 is 1.17 bits per heavy atom. The molecular weight excluding hydrogens is 376 g/mol. The minimum absolute atomic E-state index is 0.120. The van der Waals surface area contributed by atoms with Crippen LogP contribution in [0.2, 0.25) is 0 Å². The van der Waals surface area contributed by atoms with Crippen molar-refractivity contribution in [3.63, 3.8) is 0 Å². The van der Waals surface area contributed by atoms with Crippen LogP contribution in [0.15, 0.2) is 40.5 Å². The lowest BCUT2D eigenvalue weighted by Crippen LogP contribution is -2.37. The van der Waals surface area contributed by atoms with E-state index in [1.807, 2.05) is 6.92 Å². The molecule has 0 bridgehead atoms. The second-order valence-electron chi connectivity index (χ2n) is 6.64. The number of non-ortho nitro benzene ring substituents is 1. The molecule has 2 unspecified atom stereocenters. The number of benzene rings is 1. The number of nitrogens with zero attached hydrogens (tertiary/aromatic N) is 2. The number of esters is 2. The van der Waals surface area contributed by atoms with Crippen LogP contribution < -0.4 is 0 Å². The third-order valence-corrected chi connectivity index (χ3v) is 4.68. The summed E-state index contributed by atoms with van der Waals surface area (Å²) < 4.78 is 10.5. The Hall–Kier alpha value is -3.03. The van der Waals surface area contributed by atoms with Crippen LogP contribution in [0.5, 0.6) is 0 Å². The summed E-state index contributed by atoms with van der Waals surface area (Å²) in [4.78, 5) is 41.0. The highest BCUT2D eigenvalue weighted by molar-refractivity contribution is 6.07. The maximum atomic E-state index is 12.9. The molecule has 29 heavy (non-hydrogen) atoms. The van der Waals surface area contributed by atoms with E-state index in [0.717, 1.165) is 6.42 Å². The van der Waals surface area contributed by atoms with Gasteiger partial charge in [-0.05, 0) is 32.8 Å². The van der Waals surface area contributed by atoms with Crippen molar-refractivity contribution in [1.82, 2.24) is 0 Å². The molecule has 0 aromatic heterocycles. The molecule has 156 valence electrons. The Kier molecular flexibility index (Phi) is 7.64. The molecule has 0 spiro atoms. The molecule has 1 aromatic rings. The van der Waals surface area contributed by atoms with Gasteiger partial charge in [-0.1, -0.05) is 25.5 Å². The highest BCUT2D eigenvalue weighted by Gasteiger charge is 2.43. The van der Waals surface area contributed by atoms with Gasteiger partial charge in [-0.25, -0.2) is 4.79 Å². The highest BCUT2D eigenvalue weighted by atomic mass is 16.6. The molecular formula is C21H26N2O6. The van der Waals surface area contributed by atoms with Gasteiger partial charge in [0.25, 0.3) is 5.69 Å². The summed E-state index contributed by atoms with van der Waals surface area (Å²) in [7, 11) is 0. The molecule has 1 aromatic carbocycles. The van der Waals surface area contributed by atoms with Crippen molar-refractivity contribution in [3.8, 4) is 0 Å². The topological polar surface area (TPSA) is 108 Å². The Bertz CT molecular complexity index is 858. The molecule has 0 radical (unpaired) electrons. The van der Waals surface area contributed by atoms with Gasteiger partial charge >= 0.3 is 11.9 Å². The summed E-state index contributed by atoms with van der Waals surface area (Å²) in [6.07, 6.45) is 1.26. The molecule has 1 aliphatic rings. The standard InChI is InChI=1S/C21H26N2O6/c1-5-9-16-19(21(25)29-7-3)18(14-10-8-11-15(12-14)23(26)27)17(13(4)22-16)20(24)28-6-2/h8,10-12,17-18H,5-7,9H2,1-4H3. The first-order valence-electron chi connectivity index (χ1n) is 9.71. The number of carbonyl (C=O) groups excluding carboxylic acids is 2. The number of hydrogen-bond acceptors (Lipinski definition) is 7. The molecule has 0 fully saturated rings. The summed E-state index contributed by atoms with van der Waals surface area (Å²) >= 11 is 0. The largest absolute Gasteiger partial charge is 0.465 e. The summed E-state index contributed by atoms with van der Waals surface area (Å²) in [6, 6.07) is 5.97. The maximum Gasteiger partial charge on any atom is 0.336 e. The summed E-state index contributed by atoms with van der Waals surface area (Å²) in [6.45, 7) is 7.39. The van der Waals surface area contributed by atoms with Gasteiger partial charge in [0.2, 0.25) is 0 Å². The molecule has 1 aliphatic heterocycles. The second-order valence-corrected chi connectivity index (χ2v) is 6.64. The van der Waals surface area contributed by atoms with Crippen molar-refractivity contribution in [1.29, 1.82) is 0 Å². The van der Waals surface area contributed by atoms with Crippen LogP contribution in [0.25, 0.3) is 0 Å². The molecule has 0 saturated heterocycles. The van der Waals surface area contributed by atoms with Crippen molar-refractivity contribution < 1.29 is 24.0 Å². The highest BCUT2D eigenvalue weighted by Crippen LogP contribution is 2.42. The van der Waals surface area contributed by atoms with Crippen molar-refractivity contribution in [2.24, 2.45) is 10.9 Å². The smallest absolute Gasteiger partial charge is 0.336 e. The number of allylic oxidation sites excluding steroid dienone is 1. The lowest BCUT2D eigenvalue weighted by atomic mass is 9.75. The molecule has 8 heteroatoms. The number of nitro benzene ring substituents is 1. The van der Waals surface area contributed by atoms with Crippen LogP contribution in [-0.2, 0) is 19.1 Å².